The van der Waals surface area contributed by atoms with Crippen LogP contribution in [0.3, 0.4) is 0 Å². The molecule has 0 radical (unpaired) electrons. The van der Waals surface area contributed by atoms with Crippen LogP contribution in [-0.2, 0) is 21.5 Å². The molecule has 1 aromatic carbocycles. The molecule has 1 aliphatic heterocycles. The topological polar surface area (TPSA) is 119 Å². The molecule has 1 unspecified atom stereocenters. The van der Waals surface area contributed by atoms with Gasteiger partial charge in [-0.2, -0.15) is 4.98 Å². The number of halogens is 1. The van der Waals surface area contributed by atoms with Crippen LogP contribution in [-0.4, -0.2) is 44.3 Å². The first-order chi connectivity index (χ1) is 16.6. The highest BCUT2D eigenvalue weighted by molar-refractivity contribution is 7.77. The van der Waals surface area contributed by atoms with Crippen LogP contribution in [0.4, 0.5) is 23.1 Å². The van der Waals surface area contributed by atoms with Crippen molar-refractivity contribution in [3.8, 4) is 0 Å². The van der Waals surface area contributed by atoms with E-state index in [4.69, 9.17) is 16.2 Å². The summed E-state index contributed by atoms with van der Waals surface area (Å²) in [7, 11) is 1.82. The van der Waals surface area contributed by atoms with Crippen molar-refractivity contribution in [2.45, 2.75) is 63.8 Å². The minimum Gasteiger partial charge on any atom is -0.366 e. The lowest BCUT2D eigenvalue weighted by atomic mass is 9.80. The van der Waals surface area contributed by atoms with E-state index in [2.05, 4.69) is 45.2 Å². The molecular weight excluding hydrogens is 488 g/mol. The van der Waals surface area contributed by atoms with Crippen molar-refractivity contribution in [2.75, 3.05) is 29.1 Å². The van der Waals surface area contributed by atoms with Crippen molar-refractivity contribution in [3.63, 3.8) is 0 Å². The minimum atomic E-state index is -2.03. The van der Waals surface area contributed by atoms with E-state index in [1.54, 1.807) is 11.1 Å². The van der Waals surface area contributed by atoms with Gasteiger partial charge in [-0.15, -0.1) is 0 Å². The van der Waals surface area contributed by atoms with Crippen LogP contribution in [0.1, 0.15) is 57.9 Å². The number of hydrogen-bond donors (Lipinski definition) is 4. The Morgan fingerprint density at radius 1 is 1.29 bits per heavy atom. The summed E-state index contributed by atoms with van der Waals surface area (Å²) in [6, 6.07) is 6.03. The Balaban J connectivity index is 1.54. The number of anilines is 4. The van der Waals surface area contributed by atoms with Crippen molar-refractivity contribution < 1.29 is 13.6 Å². The second-order valence-electron chi connectivity index (χ2n) is 9.98. The van der Waals surface area contributed by atoms with E-state index in [1.165, 1.54) is 0 Å². The summed E-state index contributed by atoms with van der Waals surface area (Å²) >= 11 is 4.38. The van der Waals surface area contributed by atoms with E-state index < -0.39 is 11.3 Å². The van der Waals surface area contributed by atoms with Gasteiger partial charge in [0.15, 0.2) is 5.82 Å². The first kappa shape index (κ1) is 25.8. The smallest absolute Gasteiger partial charge is 0.231 e. The molecule has 1 aromatic heterocycles. The molecule has 1 fully saturated rings. The Hall–Kier alpha value is -2.27. The lowest BCUT2D eigenvalue weighted by Gasteiger charge is -2.32. The number of nitrogens with zero attached hydrogens (tertiary/aromatic N) is 3. The van der Waals surface area contributed by atoms with Gasteiger partial charge in [0.1, 0.15) is 5.02 Å². The number of fused-ring (bicyclic) bond motifs is 1. The molecule has 0 spiro atoms. The van der Waals surface area contributed by atoms with Gasteiger partial charge in [-0.3, -0.25) is 9.35 Å². The zero-order valence-electron chi connectivity index (χ0n) is 20.3. The first-order valence-electron chi connectivity index (χ1n) is 12.0. The molecule has 1 aliphatic carbocycles. The molecule has 2 aromatic rings. The van der Waals surface area contributed by atoms with E-state index in [0.29, 0.717) is 29.8 Å². The van der Waals surface area contributed by atoms with Gasteiger partial charge in [0.2, 0.25) is 23.1 Å². The van der Waals surface area contributed by atoms with Crippen LogP contribution in [0.5, 0.6) is 0 Å². The van der Waals surface area contributed by atoms with Gasteiger partial charge in [0.25, 0.3) is 0 Å². The Morgan fingerprint density at radius 2 is 2.06 bits per heavy atom. The van der Waals surface area contributed by atoms with E-state index in [9.17, 15) is 9.00 Å². The monoisotopic (exact) mass is 520 g/mol. The SMILES string of the molecule is CN1C(=O)CCC(C)(C)c2cc(Nc3ncc(Cl)c(N[C@@H]4CCCC[C@@H]4CNS(=O)O)n3)ccc21. The average molecular weight is 521 g/mol. The van der Waals surface area contributed by atoms with Crippen LogP contribution in [0.15, 0.2) is 24.4 Å². The van der Waals surface area contributed by atoms with Gasteiger partial charge in [-0.1, -0.05) is 38.3 Å². The van der Waals surface area contributed by atoms with E-state index >= 15 is 0 Å². The molecule has 2 heterocycles. The third kappa shape index (κ3) is 6.11. The normalized spacial score (nSPS) is 22.8. The molecule has 0 bridgehead atoms. The highest BCUT2D eigenvalue weighted by Gasteiger charge is 2.31. The van der Waals surface area contributed by atoms with E-state index in [0.717, 1.165) is 49.0 Å². The fraction of sp³-hybridized carbons (Fsp3) is 0.542. The summed E-state index contributed by atoms with van der Waals surface area (Å²) in [4.78, 5) is 23.1. The summed E-state index contributed by atoms with van der Waals surface area (Å²) in [6.45, 7) is 4.76. The number of benzene rings is 1. The van der Waals surface area contributed by atoms with Gasteiger partial charge < -0.3 is 15.5 Å². The highest BCUT2D eigenvalue weighted by Crippen LogP contribution is 2.40. The average Bonchev–Trinajstić information content (AvgIpc) is 2.91. The molecule has 1 saturated carbocycles. The number of carbonyl (C=O) groups is 1. The second-order valence-corrected chi connectivity index (χ2v) is 11.2. The third-order valence-corrected chi connectivity index (χ3v) is 7.82. The third-order valence-electron chi connectivity index (χ3n) is 7.13. The molecule has 3 atom stereocenters. The molecule has 9 nitrogen and oxygen atoms in total. The van der Waals surface area contributed by atoms with Crippen LogP contribution in [0.2, 0.25) is 5.02 Å². The molecule has 1 amide bonds. The Morgan fingerprint density at radius 3 is 2.83 bits per heavy atom. The maximum atomic E-state index is 12.4. The van der Waals surface area contributed by atoms with Gasteiger partial charge in [-0.05, 0) is 54.4 Å². The molecule has 190 valence electrons. The molecule has 4 N–H and O–H groups in total. The highest BCUT2D eigenvalue weighted by atomic mass is 35.5. The van der Waals surface area contributed by atoms with Crippen LogP contribution < -0.4 is 20.3 Å². The van der Waals surface area contributed by atoms with Crippen LogP contribution in [0, 0.1) is 5.92 Å². The second kappa shape index (κ2) is 10.8. The van der Waals surface area contributed by atoms with Gasteiger partial charge in [-0.25, -0.2) is 13.9 Å². The quantitative estimate of drug-likeness (QED) is 0.394. The summed E-state index contributed by atoms with van der Waals surface area (Å²) in [5, 5.41) is 7.15. The van der Waals surface area contributed by atoms with Crippen molar-refractivity contribution in [2.24, 2.45) is 5.92 Å². The molecule has 4 rings (SSSR count). The van der Waals surface area contributed by atoms with E-state index in [1.807, 2.05) is 19.2 Å². The maximum Gasteiger partial charge on any atom is 0.231 e. The molecule has 0 saturated heterocycles. The standard InChI is InChI=1S/C24H33ClN6O3S/c1-24(2)11-10-21(32)31(3)20-9-8-16(12-17(20)24)28-23-26-14-18(25)22(30-23)29-19-7-5-4-6-15(19)13-27-35(33)34/h8-9,12,14-15,19,27H,4-7,10-11,13H2,1-3H3,(H,33,34)(H2,26,28,29,30)/t15-,19-/m1/s1. The molecule has 11 heteroatoms. The number of rotatable bonds is 7. The van der Waals surface area contributed by atoms with Crippen molar-refractivity contribution in [1.82, 2.24) is 14.7 Å². The number of aromatic nitrogens is 2. The Labute approximate surface area is 213 Å². The van der Waals surface area contributed by atoms with Crippen LogP contribution in [0.25, 0.3) is 0 Å². The van der Waals surface area contributed by atoms with Gasteiger partial charge in [0, 0.05) is 37.4 Å². The van der Waals surface area contributed by atoms with Crippen molar-refractivity contribution in [1.29, 1.82) is 0 Å². The maximum absolute atomic E-state index is 12.4. The Bertz CT molecular complexity index is 1110. The van der Waals surface area contributed by atoms with Crippen LogP contribution >= 0.6 is 11.6 Å². The van der Waals surface area contributed by atoms with Crippen molar-refractivity contribution >= 4 is 51.9 Å². The summed E-state index contributed by atoms with van der Waals surface area (Å²) in [6.07, 6.45) is 6.91. The molecule has 2 aliphatic rings. The van der Waals surface area contributed by atoms with Crippen molar-refractivity contribution in [3.05, 3.63) is 35.0 Å². The lowest BCUT2D eigenvalue weighted by Crippen LogP contribution is -2.39. The largest absolute Gasteiger partial charge is 0.366 e. The predicted octanol–water partition coefficient (Wildman–Crippen LogP) is 4.60. The number of amides is 1. The lowest BCUT2D eigenvalue weighted by molar-refractivity contribution is -0.118. The van der Waals surface area contributed by atoms with E-state index in [-0.39, 0.29) is 23.3 Å². The first-order valence-corrected chi connectivity index (χ1v) is 13.4. The predicted molar refractivity (Wildman–Crippen MR) is 141 cm³/mol. The summed E-state index contributed by atoms with van der Waals surface area (Å²) in [5.41, 5.74) is 2.70. The van der Waals surface area contributed by atoms with Gasteiger partial charge in [0.05, 0.1) is 6.20 Å². The fourth-order valence-electron chi connectivity index (χ4n) is 4.96. The zero-order valence-corrected chi connectivity index (χ0v) is 21.9. The molecular formula is C24H33ClN6O3S. The molecule has 35 heavy (non-hydrogen) atoms. The number of nitrogens with one attached hydrogen (secondary N) is 3. The summed E-state index contributed by atoms with van der Waals surface area (Å²) < 4.78 is 22.8. The number of hydrogen-bond acceptors (Lipinski definition) is 6. The summed E-state index contributed by atoms with van der Waals surface area (Å²) in [5.74, 6) is 1.26. The number of carbonyl (C=O) groups excluding carboxylic acids is 1. The fourth-order valence-corrected chi connectivity index (χ4v) is 5.46. The van der Waals surface area contributed by atoms with Gasteiger partial charge >= 0.3 is 0 Å². The zero-order chi connectivity index (χ0) is 25.2. The Kier molecular flexibility index (Phi) is 7.95. The minimum absolute atomic E-state index is 0.0846.